The second-order valence-corrected chi connectivity index (χ2v) is 4.01. The van der Waals surface area contributed by atoms with Gasteiger partial charge >= 0.3 is 0 Å². The van der Waals surface area contributed by atoms with Crippen molar-refractivity contribution in [1.29, 1.82) is 0 Å². The van der Waals surface area contributed by atoms with Crippen LogP contribution in [0.4, 0.5) is 0 Å². The van der Waals surface area contributed by atoms with E-state index in [-0.39, 0.29) is 6.04 Å². The van der Waals surface area contributed by atoms with Gasteiger partial charge in [0, 0.05) is 6.04 Å². The Labute approximate surface area is 91.9 Å². The van der Waals surface area contributed by atoms with Gasteiger partial charge in [-0.05, 0) is 19.8 Å². The van der Waals surface area contributed by atoms with Crippen molar-refractivity contribution in [2.75, 3.05) is 0 Å². The van der Waals surface area contributed by atoms with Crippen molar-refractivity contribution in [3.8, 4) is 0 Å². The molecule has 4 heteroatoms. The number of hydrogen-bond acceptors (Lipinski definition) is 3. The van der Waals surface area contributed by atoms with E-state index in [0.717, 1.165) is 5.82 Å². The van der Waals surface area contributed by atoms with Crippen LogP contribution in [0, 0.1) is 0 Å². The number of H-pyrrole nitrogens is 1. The van der Waals surface area contributed by atoms with Gasteiger partial charge in [-0.1, -0.05) is 26.7 Å². The van der Waals surface area contributed by atoms with E-state index < -0.39 is 0 Å². The van der Waals surface area contributed by atoms with Crippen LogP contribution in [-0.2, 0) is 0 Å². The highest BCUT2D eigenvalue weighted by atomic mass is 15.2. The zero-order valence-corrected chi connectivity index (χ0v) is 9.95. The molecule has 15 heavy (non-hydrogen) atoms. The summed E-state index contributed by atoms with van der Waals surface area (Å²) in [4.78, 5) is 4.15. The molecule has 2 unspecified atom stereocenters. The normalized spacial score (nSPS) is 15.1. The van der Waals surface area contributed by atoms with Crippen LogP contribution in [0.15, 0.2) is 6.33 Å². The molecule has 0 bridgehead atoms. The van der Waals surface area contributed by atoms with Gasteiger partial charge in [-0.3, -0.25) is 5.10 Å². The molecular weight excluding hydrogens is 188 g/mol. The Morgan fingerprint density at radius 2 is 2.27 bits per heavy atom. The van der Waals surface area contributed by atoms with Crippen molar-refractivity contribution < 1.29 is 0 Å². The Balaban J connectivity index is 2.37. The molecule has 0 aliphatic rings. The molecule has 2 N–H and O–H groups in total. The third-order valence-electron chi connectivity index (χ3n) is 2.73. The molecule has 0 aliphatic heterocycles. The molecule has 0 aromatic carbocycles. The molecule has 0 fully saturated rings. The lowest BCUT2D eigenvalue weighted by molar-refractivity contribution is 0.401. The van der Waals surface area contributed by atoms with Gasteiger partial charge in [0.1, 0.15) is 12.2 Å². The molecule has 0 saturated carbocycles. The Hall–Kier alpha value is -0.900. The van der Waals surface area contributed by atoms with E-state index in [4.69, 9.17) is 0 Å². The standard InChI is InChI=1S/C11H22N4/c1-4-6-7-10(5-2)14-9(3)11-12-8-13-15-11/h8-10,14H,4-7H2,1-3H3,(H,12,13,15). The highest BCUT2D eigenvalue weighted by molar-refractivity contribution is 4.89. The molecule has 2 atom stereocenters. The molecule has 0 spiro atoms. The fourth-order valence-electron chi connectivity index (χ4n) is 1.71. The Kier molecular flexibility index (Phi) is 5.32. The molecule has 0 radical (unpaired) electrons. The highest BCUT2D eigenvalue weighted by Gasteiger charge is 2.12. The number of unbranched alkanes of at least 4 members (excludes halogenated alkanes) is 1. The maximum atomic E-state index is 4.15. The van der Waals surface area contributed by atoms with Crippen LogP contribution < -0.4 is 5.32 Å². The average Bonchev–Trinajstić information content (AvgIpc) is 2.77. The minimum absolute atomic E-state index is 0.259. The average molecular weight is 210 g/mol. The SMILES string of the molecule is CCCCC(CC)NC(C)c1ncn[nH]1. The van der Waals surface area contributed by atoms with Crippen LogP contribution in [-0.4, -0.2) is 21.2 Å². The Morgan fingerprint density at radius 1 is 1.47 bits per heavy atom. The number of nitrogens with zero attached hydrogens (tertiary/aromatic N) is 2. The fraction of sp³-hybridized carbons (Fsp3) is 0.818. The zero-order chi connectivity index (χ0) is 11.1. The first kappa shape index (κ1) is 12.2. The molecule has 4 nitrogen and oxygen atoms in total. The molecule has 1 aromatic rings. The second kappa shape index (κ2) is 6.56. The number of aromatic amines is 1. The van der Waals surface area contributed by atoms with Crippen LogP contribution in [0.5, 0.6) is 0 Å². The van der Waals surface area contributed by atoms with Crippen molar-refractivity contribution in [2.24, 2.45) is 0 Å². The van der Waals surface area contributed by atoms with Crippen LogP contribution in [0.3, 0.4) is 0 Å². The molecule has 1 rings (SSSR count). The number of hydrogen-bond donors (Lipinski definition) is 2. The van der Waals surface area contributed by atoms with Crippen molar-refractivity contribution in [2.45, 2.75) is 58.5 Å². The summed E-state index contributed by atoms with van der Waals surface area (Å²) in [6.07, 6.45) is 6.51. The minimum Gasteiger partial charge on any atom is -0.305 e. The third-order valence-corrected chi connectivity index (χ3v) is 2.73. The zero-order valence-electron chi connectivity index (χ0n) is 9.95. The van der Waals surface area contributed by atoms with Crippen LogP contribution in [0.25, 0.3) is 0 Å². The summed E-state index contributed by atoms with van der Waals surface area (Å²) in [7, 11) is 0. The lowest BCUT2D eigenvalue weighted by Gasteiger charge is -2.20. The lowest BCUT2D eigenvalue weighted by Crippen LogP contribution is -2.31. The summed E-state index contributed by atoms with van der Waals surface area (Å²) >= 11 is 0. The first-order valence-electron chi connectivity index (χ1n) is 5.89. The van der Waals surface area contributed by atoms with E-state index in [0.29, 0.717) is 6.04 Å². The van der Waals surface area contributed by atoms with E-state index in [9.17, 15) is 0 Å². The number of aromatic nitrogens is 3. The van der Waals surface area contributed by atoms with Crippen molar-refractivity contribution in [3.63, 3.8) is 0 Å². The van der Waals surface area contributed by atoms with E-state index in [1.807, 2.05) is 0 Å². The molecule has 1 aromatic heterocycles. The molecule has 1 heterocycles. The van der Waals surface area contributed by atoms with E-state index in [1.165, 1.54) is 25.7 Å². The third kappa shape index (κ3) is 4.00. The van der Waals surface area contributed by atoms with Crippen molar-refractivity contribution in [3.05, 3.63) is 12.2 Å². The summed E-state index contributed by atoms with van der Waals surface area (Å²) in [6.45, 7) is 6.57. The summed E-state index contributed by atoms with van der Waals surface area (Å²) < 4.78 is 0. The highest BCUT2D eigenvalue weighted by Crippen LogP contribution is 2.11. The Bertz CT molecular complexity index is 245. The lowest BCUT2D eigenvalue weighted by atomic mass is 10.1. The van der Waals surface area contributed by atoms with Crippen molar-refractivity contribution >= 4 is 0 Å². The molecule has 86 valence electrons. The summed E-state index contributed by atoms with van der Waals surface area (Å²) in [5.41, 5.74) is 0. The van der Waals surface area contributed by atoms with Gasteiger partial charge in [-0.25, -0.2) is 4.98 Å². The van der Waals surface area contributed by atoms with Gasteiger partial charge in [0.25, 0.3) is 0 Å². The largest absolute Gasteiger partial charge is 0.305 e. The Morgan fingerprint density at radius 3 is 2.80 bits per heavy atom. The van der Waals surface area contributed by atoms with Gasteiger partial charge in [-0.2, -0.15) is 5.10 Å². The molecular formula is C11H22N4. The molecule has 0 amide bonds. The summed E-state index contributed by atoms with van der Waals surface area (Å²) in [5, 5.41) is 10.3. The number of rotatable bonds is 7. The predicted molar refractivity (Wildman–Crippen MR) is 61.5 cm³/mol. The maximum absolute atomic E-state index is 4.15. The van der Waals surface area contributed by atoms with Gasteiger partial charge in [-0.15, -0.1) is 0 Å². The van der Waals surface area contributed by atoms with Gasteiger partial charge in [0.05, 0.1) is 6.04 Å². The minimum atomic E-state index is 0.259. The van der Waals surface area contributed by atoms with E-state index in [1.54, 1.807) is 6.33 Å². The van der Waals surface area contributed by atoms with Crippen molar-refractivity contribution in [1.82, 2.24) is 20.5 Å². The number of nitrogens with one attached hydrogen (secondary N) is 2. The summed E-state index contributed by atoms with van der Waals surface area (Å²) in [5.74, 6) is 0.921. The quantitative estimate of drug-likeness (QED) is 0.726. The predicted octanol–water partition coefficient (Wildman–Crippen LogP) is 2.42. The molecule has 0 aliphatic carbocycles. The van der Waals surface area contributed by atoms with Crippen LogP contribution >= 0.6 is 0 Å². The second-order valence-electron chi connectivity index (χ2n) is 4.01. The van der Waals surface area contributed by atoms with E-state index >= 15 is 0 Å². The molecule has 0 saturated heterocycles. The topological polar surface area (TPSA) is 53.6 Å². The fourth-order valence-corrected chi connectivity index (χ4v) is 1.71. The first-order chi connectivity index (χ1) is 7.27. The van der Waals surface area contributed by atoms with Crippen LogP contribution in [0.1, 0.15) is 58.3 Å². The van der Waals surface area contributed by atoms with Crippen LogP contribution in [0.2, 0.25) is 0 Å². The van der Waals surface area contributed by atoms with Gasteiger partial charge in [0.2, 0.25) is 0 Å². The maximum Gasteiger partial charge on any atom is 0.141 e. The smallest absolute Gasteiger partial charge is 0.141 e. The van der Waals surface area contributed by atoms with E-state index in [2.05, 4.69) is 41.3 Å². The monoisotopic (exact) mass is 210 g/mol. The van der Waals surface area contributed by atoms with Gasteiger partial charge in [0.15, 0.2) is 0 Å². The first-order valence-corrected chi connectivity index (χ1v) is 5.89. The van der Waals surface area contributed by atoms with Gasteiger partial charge < -0.3 is 5.32 Å². The summed E-state index contributed by atoms with van der Waals surface area (Å²) in [6, 6.07) is 0.847.